The Bertz CT molecular complexity index is 753. The number of nitrogen functional groups attached to an aromatic ring is 1. The molecule has 0 saturated heterocycles. The van der Waals surface area contributed by atoms with Crippen molar-refractivity contribution in [2.24, 2.45) is 0 Å². The lowest BCUT2D eigenvalue weighted by Crippen LogP contribution is -2.24. The van der Waals surface area contributed by atoms with Gasteiger partial charge in [0.05, 0.1) is 11.4 Å². The second-order valence-corrected chi connectivity index (χ2v) is 5.60. The zero-order valence-corrected chi connectivity index (χ0v) is 14.7. The molecule has 0 fully saturated rings. The predicted molar refractivity (Wildman–Crippen MR) is 95.8 cm³/mol. The number of nitrogens with two attached hydrogens (primary N) is 1. The van der Waals surface area contributed by atoms with Crippen LogP contribution in [0.2, 0.25) is 0 Å². The highest BCUT2D eigenvalue weighted by atomic mass is 16.7. The molecule has 1 amide bonds. The molecule has 2 rings (SSSR count). The number of carbonyl (C=O) groups is 1. The fourth-order valence-corrected chi connectivity index (χ4v) is 2.43. The molecular formula is C18H22N2O5. The van der Waals surface area contributed by atoms with Crippen LogP contribution in [0.25, 0.3) is 0 Å². The van der Waals surface area contributed by atoms with Gasteiger partial charge in [0.2, 0.25) is 0 Å². The molecule has 0 heterocycles. The number of rotatable bonds is 6. The molecule has 2 aromatic rings. The number of anilines is 2. The first-order valence-electron chi connectivity index (χ1n) is 7.60. The first-order valence-corrected chi connectivity index (χ1v) is 7.60. The van der Waals surface area contributed by atoms with Crippen LogP contribution >= 0.6 is 0 Å². The van der Waals surface area contributed by atoms with E-state index in [2.05, 4.69) is 0 Å². The number of benzene rings is 2. The molecule has 7 nitrogen and oxygen atoms in total. The van der Waals surface area contributed by atoms with E-state index in [9.17, 15) is 4.79 Å². The summed E-state index contributed by atoms with van der Waals surface area (Å²) in [4.78, 5) is 12.2. The maximum atomic E-state index is 11.1. The van der Waals surface area contributed by atoms with Crippen molar-refractivity contribution in [3.8, 4) is 17.2 Å². The summed E-state index contributed by atoms with van der Waals surface area (Å²) in [6, 6.07) is 8.57. The van der Waals surface area contributed by atoms with E-state index in [1.165, 1.54) is 7.05 Å². The first-order chi connectivity index (χ1) is 11.8. The lowest BCUT2D eigenvalue weighted by Gasteiger charge is -2.17. The average molecular weight is 346 g/mol. The van der Waals surface area contributed by atoms with Gasteiger partial charge in [-0.15, -0.1) is 0 Å². The summed E-state index contributed by atoms with van der Waals surface area (Å²) >= 11 is 0. The molecule has 134 valence electrons. The van der Waals surface area contributed by atoms with Crippen molar-refractivity contribution in [1.29, 1.82) is 0 Å². The van der Waals surface area contributed by atoms with Crippen LogP contribution in [-0.4, -0.2) is 32.2 Å². The zero-order valence-electron chi connectivity index (χ0n) is 14.7. The lowest BCUT2D eigenvalue weighted by molar-refractivity contribution is 0.0501. The second-order valence-electron chi connectivity index (χ2n) is 5.60. The molecular weight excluding hydrogens is 324 g/mol. The van der Waals surface area contributed by atoms with Crippen LogP contribution in [-0.2, 0) is 4.74 Å². The summed E-state index contributed by atoms with van der Waals surface area (Å²) < 4.78 is 16.3. The van der Waals surface area contributed by atoms with E-state index in [0.717, 1.165) is 21.8 Å². The Kier molecular flexibility index (Phi) is 5.71. The third kappa shape index (κ3) is 4.33. The van der Waals surface area contributed by atoms with Crippen molar-refractivity contribution in [2.45, 2.75) is 13.8 Å². The topological polar surface area (TPSA) is 94.3 Å². The molecule has 0 atom stereocenters. The molecule has 0 spiro atoms. The Labute approximate surface area is 146 Å². The van der Waals surface area contributed by atoms with Crippen molar-refractivity contribution in [2.75, 3.05) is 31.6 Å². The minimum Gasteiger partial charge on any atom is -0.467 e. The number of carboxylic acid groups (broad SMARTS) is 1. The molecule has 0 unspecified atom stereocenters. The van der Waals surface area contributed by atoms with Gasteiger partial charge in [-0.05, 0) is 49.2 Å². The highest BCUT2D eigenvalue weighted by Crippen LogP contribution is 2.34. The number of amides is 1. The summed E-state index contributed by atoms with van der Waals surface area (Å²) in [5, 5.41) is 9.12. The number of aryl methyl sites for hydroxylation is 2. The van der Waals surface area contributed by atoms with Gasteiger partial charge in [-0.25, -0.2) is 4.79 Å². The van der Waals surface area contributed by atoms with E-state index < -0.39 is 6.09 Å². The van der Waals surface area contributed by atoms with Crippen LogP contribution < -0.4 is 20.1 Å². The Morgan fingerprint density at radius 2 is 1.80 bits per heavy atom. The van der Waals surface area contributed by atoms with Crippen molar-refractivity contribution < 1.29 is 24.1 Å². The van der Waals surface area contributed by atoms with E-state index in [1.807, 2.05) is 26.0 Å². The molecule has 3 N–H and O–H groups in total. The molecule has 0 radical (unpaired) electrons. The van der Waals surface area contributed by atoms with Crippen LogP contribution in [0.4, 0.5) is 16.2 Å². The summed E-state index contributed by atoms with van der Waals surface area (Å²) in [7, 11) is 2.99. The summed E-state index contributed by atoms with van der Waals surface area (Å²) in [6.07, 6.45) is -1.10. The van der Waals surface area contributed by atoms with Crippen LogP contribution in [0.1, 0.15) is 11.1 Å². The average Bonchev–Trinajstić information content (AvgIpc) is 2.55. The smallest absolute Gasteiger partial charge is 0.411 e. The lowest BCUT2D eigenvalue weighted by atomic mass is 10.1. The van der Waals surface area contributed by atoms with Gasteiger partial charge in [0.25, 0.3) is 0 Å². The quantitative estimate of drug-likeness (QED) is 0.611. The van der Waals surface area contributed by atoms with E-state index >= 15 is 0 Å². The molecule has 0 saturated carbocycles. The largest absolute Gasteiger partial charge is 0.467 e. The van der Waals surface area contributed by atoms with Crippen molar-refractivity contribution in [1.82, 2.24) is 0 Å². The van der Waals surface area contributed by atoms with Crippen LogP contribution in [0.3, 0.4) is 0 Å². The highest BCUT2D eigenvalue weighted by Gasteiger charge is 2.14. The van der Waals surface area contributed by atoms with Crippen molar-refractivity contribution >= 4 is 17.5 Å². The van der Waals surface area contributed by atoms with Crippen LogP contribution in [0.5, 0.6) is 17.2 Å². The van der Waals surface area contributed by atoms with Gasteiger partial charge in [-0.2, -0.15) is 0 Å². The summed E-state index contributed by atoms with van der Waals surface area (Å²) in [5.74, 6) is 1.85. The van der Waals surface area contributed by atoms with Gasteiger partial charge < -0.3 is 25.1 Å². The molecule has 0 bridgehead atoms. The Morgan fingerprint density at radius 3 is 2.36 bits per heavy atom. The summed E-state index contributed by atoms with van der Waals surface area (Å²) in [5.41, 5.74) is 8.38. The molecule has 2 aromatic carbocycles. The zero-order chi connectivity index (χ0) is 18.6. The van der Waals surface area contributed by atoms with E-state index in [4.69, 9.17) is 25.1 Å². The fraction of sp³-hybridized carbons (Fsp3) is 0.278. The minimum atomic E-state index is -1.10. The number of ether oxygens (including phenoxy) is 3. The van der Waals surface area contributed by atoms with Crippen LogP contribution in [0.15, 0.2) is 30.3 Å². The highest BCUT2D eigenvalue weighted by molar-refractivity contribution is 5.90. The summed E-state index contributed by atoms with van der Waals surface area (Å²) in [6.45, 7) is 4.00. The van der Waals surface area contributed by atoms with Gasteiger partial charge in [0.1, 0.15) is 17.2 Å². The predicted octanol–water partition coefficient (Wildman–Crippen LogP) is 3.77. The number of hydrogen-bond donors (Lipinski definition) is 2. The van der Waals surface area contributed by atoms with Crippen LogP contribution in [0, 0.1) is 13.8 Å². The monoisotopic (exact) mass is 346 g/mol. The third-order valence-corrected chi connectivity index (χ3v) is 3.64. The third-order valence-electron chi connectivity index (χ3n) is 3.64. The molecule has 0 aliphatic carbocycles. The molecule has 25 heavy (non-hydrogen) atoms. The Morgan fingerprint density at radius 1 is 1.16 bits per heavy atom. The Balaban J connectivity index is 2.28. The first kappa shape index (κ1) is 18.4. The van der Waals surface area contributed by atoms with Crippen molar-refractivity contribution in [3.05, 3.63) is 41.5 Å². The number of nitrogens with zero attached hydrogens (tertiary/aromatic N) is 1. The number of hydrogen-bond acceptors (Lipinski definition) is 5. The molecule has 0 aromatic heterocycles. The fourth-order valence-electron chi connectivity index (χ4n) is 2.43. The van der Waals surface area contributed by atoms with Gasteiger partial charge in [0, 0.05) is 20.2 Å². The maximum Gasteiger partial charge on any atom is 0.411 e. The van der Waals surface area contributed by atoms with Gasteiger partial charge >= 0.3 is 6.09 Å². The van der Waals surface area contributed by atoms with E-state index in [0.29, 0.717) is 22.9 Å². The number of methoxy groups -OCH3 is 1. The Hall–Kier alpha value is -2.93. The SMILES string of the molecule is COCOc1c(C)cc(Oc2ccc(N)c(N(C)C(=O)O)c2)cc1C. The van der Waals surface area contributed by atoms with Gasteiger partial charge in [-0.3, -0.25) is 4.90 Å². The molecule has 0 aliphatic rings. The minimum absolute atomic E-state index is 0.171. The van der Waals surface area contributed by atoms with Gasteiger partial charge in [-0.1, -0.05) is 0 Å². The normalized spacial score (nSPS) is 10.4. The molecule has 7 heteroatoms. The maximum absolute atomic E-state index is 11.1. The molecule has 0 aliphatic heterocycles. The van der Waals surface area contributed by atoms with Crippen molar-refractivity contribution in [3.63, 3.8) is 0 Å². The second kappa shape index (κ2) is 7.76. The standard InChI is InChI=1S/C18H22N2O5/c1-11-7-14(8-12(2)17(11)24-10-23-4)25-13-5-6-15(19)16(9-13)20(3)18(21)22/h5-9H,10,19H2,1-4H3,(H,21,22). The van der Waals surface area contributed by atoms with E-state index in [1.54, 1.807) is 25.3 Å². The van der Waals surface area contributed by atoms with Gasteiger partial charge in [0.15, 0.2) is 6.79 Å². The van der Waals surface area contributed by atoms with E-state index in [-0.39, 0.29) is 6.79 Å².